The number of nitro groups is 1. The SMILES string of the molecule is COCCN(C)c1ccc([N+](=O)[O-])cc1C#N. The minimum Gasteiger partial charge on any atom is -0.383 e. The molecule has 0 spiro atoms. The van der Waals surface area contributed by atoms with E-state index in [1.807, 2.05) is 11.0 Å². The zero-order chi connectivity index (χ0) is 12.8. The van der Waals surface area contributed by atoms with Gasteiger partial charge in [0.1, 0.15) is 6.07 Å². The van der Waals surface area contributed by atoms with Crippen molar-refractivity contribution in [3.8, 4) is 6.07 Å². The first-order chi connectivity index (χ1) is 8.10. The summed E-state index contributed by atoms with van der Waals surface area (Å²) in [5, 5.41) is 19.6. The molecule has 1 aromatic rings. The molecule has 0 aliphatic rings. The zero-order valence-corrected chi connectivity index (χ0v) is 9.71. The third-order valence-electron chi connectivity index (χ3n) is 2.35. The zero-order valence-electron chi connectivity index (χ0n) is 9.71. The van der Waals surface area contributed by atoms with Crippen molar-refractivity contribution >= 4 is 11.4 Å². The van der Waals surface area contributed by atoms with Crippen LogP contribution in [0.5, 0.6) is 0 Å². The highest BCUT2D eigenvalue weighted by Gasteiger charge is 2.12. The van der Waals surface area contributed by atoms with E-state index in [1.54, 1.807) is 20.2 Å². The van der Waals surface area contributed by atoms with Gasteiger partial charge < -0.3 is 9.64 Å². The topological polar surface area (TPSA) is 79.4 Å². The second-order valence-corrected chi connectivity index (χ2v) is 3.48. The van der Waals surface area contributed by atoms with Crippen LogP contribution >= 0.6 is 0 Å². The molecule has 0 aromatic heterocycles. The second-order valence-electron chi connectivity index (χ2n) is 3.48. The Bertz CT molecular complexity index is 454. The number of non-ortho nitro benzene ring substituents is 1. The first kappa shape index (κ1) is 12.9. The molecule has 0 saturated heterocycles. The fourth-order valence-electron chi connectivity index (χ4n) is 1.41. The van der Waals surface area contributed by atoms with Crippen molar-refractivity contribution in [2.24, 2.45) is 0 Å². The second kappa shape index (κ2) is 5.82. The largest absolute Gasteiger partial charge is 0.383 e. The minimum absolute atomic E-state index is 0.0783. The molecule has 1 rings (SSSR count). The van der Waals surface area contributed by atoms with Crippen molar-refractivity contribution < 1.29 is 9.66 Å². The van der Waals surface area contributed by atoms with Crippen molar-refractivity contribution in [2.75, 3.05) is 32.2 Å². The molecule has 6 heteroatoms. The molecule has 0 fully saturated rings. The molecule has 0 saturated carbocycles. The van der Waals surface area contributed by atoms with E-state index in [1.165, 1.54) is 12.1 Å². The summed E-state index contributed by atoms with van der Waals surface area (Å²) in [4.78, 5) is 11.9. The van der Waals surface area contributed by atoms with Gasteiger partial charge in [-0.05, 0) is 6.07 Å². The van der Waals surface area contributed by atoms with Gasteiger partial charge in [-0.3, -0.25) is 10.1 Å². The molecule has 0 N–H and O–H groups in total. The van der Waals surface area contributed by atoms with E-state index in [0.29, 0.717) is 18.8 Å². The van der Waals surface area contributed by atoms with Crippen LogP contribution < -0.4 is 4.90 Å². The van der Waals surface area contributed by atoms with Crippen LogP contribution in [0.15, 0.2) is 18.2 Å². The lowest BCUT2D eigenvalue weighted by atomic mass is 10.1. The van der Waals surface area contributed by atoms with Gasteiger partial charge in [0.2, 0.25) is 0 Å². The number of anilines is 1. The van der Waals surface area contributed by atoms with Crippen molar-refractivity contribution in [3.63, 3.8) is 0 Å². The molecule has 0 atom stereocenters. The molecular weight excluding hydrogens is 222 g/mol. The van der Waals surface area contributed by atoms with Crippen LogP contribution in [0.25, 0.3) is 0 Å². The molecule has 6 nitrogen and oxygen atoms in total. The molecule has 0 bridgehead atoms. The van der Waals surface area contributed by atoms with Crippen molar-refractivity contribution in [1.82, 2.24) is 0 Å². The average molecular weight is 235 g/mol. The molecule has 0 unspecified atom stereocenters. The van der Waals surface area contributed by atoms with Gasteiger partial charge in [-0.2, -0.15) is 5.26 Å². The highest BCUT2D eigenvalue weighted by atomic mass is 16.6. The van der Waals surface area contributed by atoms with E-state index in [-0.39, 0.29) is 11.3 Å². The molecule has 1 aromatic carbocycles. The lowest BCUT2D eigenvalue weighted by molar-refractivity contribution is -0.384. The van der Waals surface area contributed by atoms with Crippen LogP contribution in [-0.4, -0.2) is 32.2 Å². The Morgan fingerprint density at radius 2 is 2.29 bits per heavy atom. The van der Waals surface area contributed by atoms with Crippen LogP contribution in [0.1, 0.15) is 5.56 Å². The van der Waals surface area contributed by atoms with Gasteiger partial charge in [-0.1, -0.05) is 0 Å². The van der Waals surface area contributed by atoms with Gasteiger partial charge in [0.05, 0.1) is 22.8 Å². The summed E-state index contributed by atoms with van der Waals surface area (Å²) in [7, 11) is 3.40. The third kappa shape index (κ3) is 3.16. The van der Waals surface area contributed by atoms with Crippen LogP contribution in [0.4, 0.5) is 11.4 Å². The van der Waals surface area contributed by atoms with Crippen LogP contribution in [0.2, 0.25) is 0 Å². The molecule has 0 aliphatic carbocycles. The summed E-state index contributed by atoms with van der Waals surface area (Å²) >= 11 is 0. The van der Waals surface area contributed by atoms with Gasteiger partial charge in [0.25, 0.3) is 5.69 Å². The highest BCUT2D eigenvalue weighted by molar-refractivity contribution is 5.62. The number of nitriles is 1. The van der Waals surface area contributed by atoms with E-state index >= 15 is 0 Å². The van der Waals surface area contributed by atoms with E-state index in [9.17, 15) is 10.1 Å². The number of rotatable bonds is 5. The Labute approximate surface area is 99.2 Å². The normalized spacial score (nSPS) is 9.71. The number of nitrogens with zero attached hydrogens (tertiary/aromatic N) is 3. The minimum atomic E-state index is -0.514. The Hall–Kier alpha value is -2.13. The fourth-order valence-corrected chi connectivity index (χ4v) is 1.41. The molecule has 17 heavy (non-hydrogen) atoms. The van der Waals surface area contributed by atoms with E-state index in [0.717, 1.165) is 0 Å². The third-order valence-corrected chi connectivity index (χ3v) is 2.35. The smallest absolute Gasteiger partial charge is 0.270 e. The maximum Gasteiger partial charge on any atom is 0.270 e. The van der Waals surface area contributed by atoms with Gasteiger partial charge in [-0.15, -0.1) is 0 Å². The summed E-state index contributed by atoms with van der Waals surface area (Å²) in [5.74, 6) is 0. The van der Waals surface area contributed by atoms with E-state index in [4.69, 9.17) is 10.00 Å². The van der Waals surface area contributed by atoms with Crippen molar-refractivity contribution in [3.05, 3.63) is 33.9 Å². The van der Waals surface area contributed by atoms with Crippen LogP contribution in [0.3, 0.4) is 0 Å². The van der Waals surface area contributed by atoms with Crippen LogP contribution in [-0.2, 0) is 4.74 Å². The number of likely N-dealkylation sites (N-methyl/N-ethyl adjacent to an activating group) is 1. The number of hydrogen-bond donors (Lipinski definition) is 0. The van der Waals surface area contributed by atoms with E-state index < -0.39 is 4.92 Å². The molecule has 0 radical (unpaired) electrons. The summed E-state index contributed by atoms with van der Waals surface area (Å²) < 4.78 is 4.94. The summed E-state index contributed by atoms with van der Waals surface area (Å²) in [6, 6.07) is 6.20. The van der Waals surface area contributed by atoms with Gasteiger partial charge in [0, 0.05) is 32.8 Å². The number of benzene rings is 1. The lowest BCUT2D eigenvalue weighted by Gasteiger charge is -2.19. The quantitative estimate of drug-likeness (QED) is 0.571. The summed E-state index contributed by atoms with van der Waals surface area (Å²) in [6.07, 6.45) is 0. The van der Waals surface area contributed by atoms with Gasteiger partial charge in [0.15, 0.2) is 0 Å². The number of methoxy groups -OCH3 is 1. The predicted octanol–water partition coefficient (Wildman–Crippen LogP) is 1.55. The molecule has 0 aliphatic heterocycles. The molecule has 90 valence electrons. The Morgan fingerprint density at radius 1 is 1.59 bits per heavy atom. The number of nitro benzene ring substituents is 1. The van der Waals surface area contributed by atoms with E-state index in [2.05, 4.69) is 0 Å². The first-order valence-electron chi connectivity index (χ1n) is 4.98. The molecule has 0 amide bonds. The van der Waals surface area contributed by atoms with Gasteiger partial charge >= 0.3 is 0 Å². The number of ether oxygens (including phenoxy) is 1. The Balaban J connectivity index is 3.01. The first-order valence-corrected chi connectivity index (χ1v) is 4.98. The molecule has 0 heterocycles. The van der Waals surface area contributed by atoms with Crippen LogP contribution in [0, 0.1) is 21.4 Å². The molecular formula is C11H13N3O3. The Kier molecular flexibility index (Phi) is 4.43. The Morgan fingerprint density at radius 3 is 2.82 bits per heavy atom. The van der Waals surface area contributed by atoms with Gasteiger partial charge in [-0.25, -0.2) is 0 Å². The van der Waals surface area contributed by atoms with Crippen molar-refractivity contribution in [1.29, 1.82) is 5.26 Å². The number of hydrogen-bond acceptors (Lipinski definition) is 5. The summed E-state index contributed by atoms with van der Waals surface area (Å²) in [5.41, 5.74) is 0.874. The summed E-state index contributed by atoms with van der Waals surface area (Å²) in [6.45, 7) is 1.14. The maximum absolute atomic E-state index is 10.6. The lowest BCUT2D eigenvalue weighted by Crippen LogP contribution is -2.22. The maximum atomic E-state index is 10.6. The highest BCUT2D eigenvalue weighted by Crippen LogP contribution is 2.23. The average Bonchev–Trinajstić information content (AvgIpc) is 2.34. The van der Waals surface area contributed by atoms with Crippen molar-refractivity contribution in [2.45, 2.75) is 0 Å². The predicted molar refractivity (Wildman–Crippen MR) is 63.0 cm³/mol. The fraction of sp³-hybridized carbons (Fsp3) is 0.364. The monoisotopic (exact) mass is 235 g/mol. The standard InChI is InChI=1S/C11H13N3O3/c1-13(5-6-17-2)11-4-3-10(14(15)16)7-9(11)8-12/h3-4,7H,5-6H2,1-2H3.